The predicted molar refractivity (Wildman–Crippen MR) is 134 cm³/mol. The van der Waals surface area contributed by atoms with Gasteiger partial charge in [-0.1, -0.05) is 6.07 Å². The number of aliphatic hydroxyl groups is 1. The number of hydrogen-bond donors (Lipinski definition) is 1. The largest absolute Gasteiger partial charge is 0.507 e. The molecule has 1 atom stereocenters. The van der Waals surface area contributed by atoms with Gasteiger partial charge in [0.25, 0.3) is 11.7 Å². The van der Waals surface area contributed by atoms with E-state index in [2.05, 4.69) is 4.98 Å². The highest BCUT2D eigenvalue weighted by molar-refractivity contribution is 6.51. The molecule has 180 valence electrons. The molecule has 0 aliphatic carbocycles. The van der Waals surface area contributed by atoms with Gasteiger partial charge in [0.05, 0.1) is 24.3 Å². The highest BCUT2D eigenvalue weighted by Crippen LogP contribution is 2.43. The van der Waals surface area contributed by atoms with Gasteiger partial charge < -0.3 is 14.6 Å². The van der Waals surface area contributed by atoms with Crippen LogP contribution < -0.4 is 14.4 Å². The molecule has 1 unspecified atom stereocenters. The molecule has 0 radical (unpaired) electrons. The van der Waals surface area contributed by atoms with E-state index in [1.54, 1.807) is 67.0 Å². The van der Waals surface area contributed by atoms with Gasteiger partial charge in [-0.05, 0) is 81.3 Å². The number of rotatable bonds is 7. The van der Waals surface area contributed by atoms with Crippen molar-refractivity contribution in [3.8, 4) is 11.5 Å². The number of aromatic nitrogens is 1. The zero-order valence-corrected chi connectivity index (χ0v) is 20.2. The van der Waals surface area contributed by atoms with Gasteiger partial charge >= 0.3 is 0 Å². The van der Waals surface area contributed by atoms with Crippen LogP contribution in [0.2, 0.25) is 0 Å². The van der Waals surface area contributed by atoms with Crippen LogP contribution >= 0.6 is 0 Å². The number of benzene rings is 2. The van der Waals surface area contributed by atoms with Gasteiger partial charge in [0.1, 0.15) is 17.3 Å². The molecule has 1 N–H and O–H groups in total. The second-order valence-corrected chi connectivity index (χ2v) is 8.53. The maximum absolute atomic E-state index is 13.3. The van der Waals surface area contributed by atoms with Crippen LogP contribution in [0.1, 0.15) is 43.5 Å². The lowest BCUT2D eigenvalue weighted by Crippen LogP contribution is -2.29. The fourth-order valence-electron chi connectivity index (χ4n) is 4.19. The van der Waals surface area contributed by atoms with E-state index >= 15 is 0 Å². The normalized spacial score (nSPS) is 17.2. The minimum Gasteiger partial charge on any atom is -0.507 e. The molecule has 1 aliphatic rings. The number of ketones is 1. The first-order chi connectivity index (χ1) is 16.8. The van der Waals surface area contributed by atoms with Gasteiger partial charge in [-0.2, -0.15) is 0 Å². The monoisotopic (exact) mass is 472 g/mol. The molecular formula is C28H28N2O5. The molecule has 0 bridgehead atoms. The summed E-state index contributed by atoms with van der Waals surface area (Å²) in [5.74, 6) is -0.454. The topological polar surface area (TPSA) is 89.0 Å². The van der Waals surface area contributed by atoms with Crippen molar-refractivity contribution < 1.29 is 24.2 Å². The molecule has 1 amide bonds. The Morgan fingerprint density at radius 2 is 1.83 bits per heavy atom. The average Bonchev–Trinajstić information content (AvgIpc) is 3.11. The zero-order chi connectivity index (χ0) is 25.1. The van der Waals surface area contributed by atoms with Crippen LogP contribution in [0.15, 0.2) is 72.6 Å². The summed E-state index contributed by atoms with van der Waals surface area (Å²) in [6.07, 6.45) is 3.18. The fourth-order valence-corrected chi connectivity index (χ4v) is 4.19. The standard InChI is InChI=1S/C28H28N2O5/c1-5-34-22-8-6-7-21(16-22)30-25(19-11-13-29-14-12-19)24(27(32)28(30)33)26(31)20-9-10-23(18(4)15-20)35-17(2)3/h6-17,25,31H,5H2,1-4H3/b26-24-. The van der Waals surface area contributed by atoms with Crippen molar-refractivity contribution in [3.63, 3.8) is 0 Å². The van der Waals surface area contributed by atoms with Crippen molar-refractivity contribution in [2.75, 3.05) is 11.5 Å². The van der Waals surface area contributed by atoms with E-state index < -0.39 is 17.7 Å². The number of aliphatic hydroxyl groups excluding tert-OH is 1. The summed E-state index contributed by atoms with van der Waals surface area (Å²) in [6.45, 7) is 8.07. The lowest BCUT2D eigenvalue weighted by Gasteiger charge is -2.25. The van der Waals surface area contributed by atoms with E-state index in [9.17, 15) is 14.7 Å². The quantitative estimate of drug-likeness (QED) is 0.289. The van der Waals surface area contributed by atoms with Crippen molar-refractivity contribution in [2.45, 2.75) is 39.8 Å². The molecule has 7 nitrogen and oxygen atoms in total. The van der Waals surface area contributed by atoms with E-state index in [-0.39, 0.29) is 17.4 Å². The molecule has 1 aliphatic heterocycles. The lowest BCUT2D eigenvalue weighted by atomic mass is 9.95. The van der Waals surface area contributed by atoms with Crippen LogP contribution in [0, 0.1) is 6.92 Å². The Morgan fingerprint density at radius 1 is 1.09 bits per heavy atom. The van der Waals surface area contributed by atoms with E-state index in [0.29, 0.717) is 34.9 Å². The molecule has 2 heterocycles. The number of carbonyl (C=O) groups excluding carboxylic acids is 2. The minimum absolute atomic E-state index is 0.00221. The van der Waals surface area contributed by atoms with Gasteiger partial charge in [0.15, 0.2) is 0 Å². The molecule has 1 fully saturated rings. The Hall–Kier alpha value is -4.13. The molecule has 35 heavy (non-hydrogen) atoms. The van der Waals surface area contributed by atoms with Crippen molar-refractivity contribution in [1.82, 2.24) is 4.98 Å². The molecule has 3 aromatic rings. The Kier molecular flexibility index (Phi) is 6.87. The number of ether oxygens (including phenoxy) is 2. The Morgan fingerprint density at radius 3 is 2.49 bits per heavy atom. The molecule has 0 saturated carbocycles. The molecular weight excluding hydrogens is 444 g/mol. The van der Waals surface area contributed by atoms with E-state index in [1.165, 1.54) is 4.90 Å². The number of pyridine rings is 1. The molecule has 7 heteroatoms. The van der Waals surface area contributed by atoms with Gasteiger partial charge in [-0.3, -0.25) is 19.5 Å². The fraction of sp³-hybridized carbons (Fsp3) is 0.250. The highest BCUT2D eigenvalue weighted by Gasteiger charge is 2.47. The summed E-state index contributed by atoms with van der Waals surface area (Å²) in [7, 11) is 0. The van der Waals surface area contributed by atoms with E-state index in [4.69, 9.17) is 9.47 Å². The number of carbonyl (C=O) groups is 2. The van der Waals surface area contributed by atoms with Crippen LogP contribution in [0.3, 0.4) is 0 Å². The zero-order valence-electron chi connectivity index (χ0n) is 20.2. The summed E-state index contributed by atoms with van der Waals surface area (Å²) in [5.41, 5.74) is 2.40. The van der Waals surface area contributed by atoms with Crippen molar-refractivity contribution in [1.29, 1.82) is 0 Å². The van der Waals surface area contributed by atoms with Crippen LogP contribution in [0.4, 0.5) is 5.69 Å². The molecule has 1 saturated heterocycles. The summed E-state index contributed by atoms with van der Waals surface area (Å²) in [6, 6.07) is 14.8. The second-order valence-electron chi connectivity index (χ2n) is 8.53. The summed E-state index contributed by atoms with van der Waals surface area (Å²) < 4.78 is 11.4. The van der Waals surface area contributed by atoms with Crippen LogP contribution in [-0.4, -0.2) is 34.5 Å². The third-order valence-corrected chi connectivity index (χ3v) is 5.68. The predicted octanol–water partition coefficient (Wildman–Crippen LogP) is 5.20. The van der Waals surface area contributed by atoms with Crippen LogP contribution in [0.25, 0.3) is 5.76 Å². The van der Waals surface area contributed by atoms with E-state index in [1.807, 2.05) is 27.7 Å². The second kappa shape index (κ2) is 10.0. The SMILES string of the molecule is CCOc1cccc(N2C(=O)C(=O)/C(=C(\O)c3ccc(OC(C)C)c(C)c3)C2c2ccncc2)c1. The van der Waals surface area contributed by atoms with Gasteiger partial charge in [-0.25, -0.2) is 0 Å². The summed E-state index contributed by atoms with van der Waals surface area (Å²) in [5, 5.41) is 11.3. The minimum atomic E-state index is -0.832. The maximum atomic E-state index is 13.3. The van der Waals surface area contributed by atoms with Crippen LogP contribution in [0.5, 0.6) is 11.5 Å². The Labute approximate surface area is 204 Å². The molecule has 2 aromatic carbocycles. The summed E-state index contributed by atoms with van der Waals surface area (Å²) in [4.78, 5) is 32.1. The maximum Gasteiger partial charge on any atom is 0.300 e. The number of amides is 1. The third-order valence-electron chi connectivity index (χ3n) is 5.68. The average molecular weight is 473 g/mol. The first-order valence-corrected chi connectivity index (χ1v) is 11.5. The number of hydrogen-bond acceptors (Lipinski definition) is 6. The lowest BCUT2D eigenvalue weighted by molar-refractivity contribution is -0.132. The van der Waals surface area contributed by atoms with Crippen molar-refractivity contribution in [3.05, 3.63) is 89.3 Å². The number of anilines is 1. The smallest absolute Gasteiger partial charge is 0.300 e. The first-order valence-electron chi connectivity index (χ1n) is 11.5. The number of nitrogens with zero attached hydrogens (tertiary/aromatic N) is 2. The van der Waals surface area contributed by atoms with Crippen LogP contribution in [-0.2, 0) is 9.59 Å². The highest BCUT2D eigenvalue weighted by atomic mass is 16.5. The summed E-state index contributed by atoms with van der Waals surface area (Å²) >= 11 is 0. The first kappa shape index (κ1) is 24.0. The number of Topliss-reactive ketones (excluding diaryl/α,β-unsaturated/α-hetero) is 1. The Balaban J connectivity index is 1.87. The molecule has 0 spiro atoms. The third kappa shape index (κ3) is 4.75. The van der Waals surface area contributed by atoms with Gasteiger partial charge in [0, 0.05) is 29.7 Å². The Bertz CT molecular complexity index is 1280. The number of aryl methyl sites for hydroxylation is 1. The van der Waals surface area contributed by atoms with Gasteiger partial charge in [0.2, 0.25) is 0 Å². The van der Waals surface area contributed by atoms with Crippen molar-refractivity contribution >= 4 is 23.1 Å². The molecule has 1 aromatic heterocycles. The molecule has 4 rings (SSSR count). The van der Waals surface area contributed by atoms with Crippen molar-refractivity contribution in [2.24, 2.45) is 0 Å². The van der Waals surface area contributed by atoms with Gasteiger partial charge in [-0.15, -0.1) is 0 Å². The van der Waals surface area contributed by atoms with E-state index in [0.717, 1.165) is 5.56 Å².